The van der Waals surface area contributed by atoms with Crippen LogP contribution in [0.3, 0.4) is 0 Å². The quantitative estimate of drug-likeness (QED) is 0.383. The molecule has 0 aliphatic carbocycles. The highest BCUT2D eigenvalue weighted by molar-refractivity contribution is 7.48. The summed E-state index contributed by atoms with van der Waals surface area (Å²) >= 11 is 0. The largest absolute Gasteiger partial charge is 0.475 e. The van der Waals surface area contributed by atoms with E-state index in [-0.39, 0.29) is 25.5 Å². The minimum Gasteiger partial charge on any atom is -0.287 e. The van der Waals surface area contributed by atoms with Crippen molar-refractivity contribution in [3.63, 3.8) is 0 Å². The fourth-order valence-corrected chi connectivity index (χ4v) is 2.87. The Balaban J connectivity index is 2.82. The van der Waals surface area contributed by atoms with E-state index in [1.165, 1.54) is 6.07 Å². The van der Waals surface area contributed by atoms with Gasteiger partial charge in [0.15, 0.2) is 0 Å². The second-order valence-electron chi connectivity index (χ2n) is 4.24. The third-order valence-corrected chi connectivity index (χ3v) is 4.34. The lowest BCUT2D eigenvalue weighted by molar-refractivity contribution is -0.385. The molecule has 0 aliphatic rings. The maximum Gasteiger partial charge on any atom is 0.475 e. The van der Waals surface area contributed by atoms with Crippen LogP contribution in [0.2, 0.25) is 0 Å². The number of rotatable bonds is 9. The standard InChI is InChI=1S/C14H20NO6P/c1-4-19-22(18,20-5-2)21-11-10-12(3)13-8-6-7-9-14(13)15(16)17/h6-10H,4-5,11H2,1-3H3/b12-10-. The first kappa shape index (κ1) is 18.5. The van der Waals surface area contributed by atoms with Gasteiger partial charge in [0, 0.05) is 6.07 Å². The molecule has 1 aromatic carbocycles. The molecule has 0 spiro atoms. The zero-order valence-electron chi connectivity index (χ0n) is 12.9. The molecule has 0 N–H and O–H groups in total. The van der Waals surface area contributed by atoms with Crippen LogP contribution in [0.25, 0.3) is 5.57 Å². The van der Waals surface area contributed by atoms with Crippen LogP contribution in [0.4, 0.5) is 5.69 Å². The van der Waals surface area contributed by atoms with Gasteiger partial charge in [-0.2, -0.15) is 0 Å². The topological polar surface area (TPSA) is 87.9 Å². The highest BCUT2D eigenvalue weighted by Crippen LogP contribution is 2.49. The maximum atomic E-state index is 12.1. The Morgan fingerprint density at radius 2 is 1.82 bits per heavy atom. The monoisotopic (exact) mass is 329 g/mol. The van der Waals surface area contributed by atoms with Gasteiger partial charge >= 0.3 is 7.82 Å². The van der Waals surface area contributed by atoms with Crippen LogP contribution in [-0.4, -0.2) is 24.7 Å². The molecule has 22 heavy (non-hydrogen) atoms. The second kappa shape index (κ2) is 8.80. The first-order valence-electron chi connectivity index (χ1n) is 6.87. The molecule has 0 aliphatic heterocycles. The van der Waals surface area contributed by atoms with Gasteiger partial charge in [-0.3, -0.25) is 23.7 Å². The zero-order chi connectivity index (χ0) is 16.6. The minimum absolute atomic E-state index is 0.00838. The Morgan fingerprint density at radius 3 is 2.36 bits per heavy atom. The Hall–Kier alpha value is -1.53. The molecule has 8 heteroatoms. The Morgan fingerprint density at radius 1 is 1.23 bits per heavy atom. The van der Waals surface area contributed by atoms with Gasteiger partial charge in [0.1, 0.15) is 0 Å². The van der Waals surface area contributed by atoms with Gasteiger partial charge in [-0.05, 0) is 32.4 Å². The highest BCUT2D eigenvalue weighted by atomic mass is 31.2. The molecule has 0 aromatic heterocycles. The molecular formula is C14H20NO6P. The summed E-state index contributed by atoms with van der Waals surface area (Å²) in [4.78, 5) is 10.5. The SMILES string of the molecule is CCOP(=O)(OCC)OC/C=C(/C)c1ccccc1[N+](=O)[O-]. The lowest BCUT2D eigenvalue weighted by Crippen LogP contribution is -2.00. The molecule has 0 bridgehead atoms. The molecule has 0 unspecified atom stereocenters. The van der Waals surface area contributed by atoms with E-state index >= 15 is 0 Å². The zero-order valence-corrected chi connectivity index (χ0v) is 13.7. The molecule has 0 atom stereocenters. The molecule has 0 radical (unpaired) electrons. The van der Waals surface area contributed by atoms with Crippen LogP contribution in [0.5, 0.6) is 0 Å². The first-order chi connectivity index (χ1) is 10.4. The number of benzene rings is 1. The summed E-state index contributed by atoms with van der Waals surface area (Å²) in [6, 6.07) is 6.39. The van der Waals surface area contributed by atoms with E-state index in [2.05, 4.69) is 0 Å². The van der Waals surface area contributed by atoms with Gasteiger partial charge in [0.25, 0.3) is 5.69 Å². The minimum atomic E-state index is -3.58. The summed E-state index contributed by atoms with van der Waals surface area (Å²) in [5.74, 6) is 0. The number of phosphoric acid groups is 1. The lowest BCUT2D eigenvalue weighted by atomic mass is 10.1. The van der Waals surface area contributed by atoms with Crippen molar-refractivity contribution in [3.8, 4) is 0 Å². The Kier molecular flexibility index (Phi) is 7.41. The predicted molar refractivity (Wildman–Crippen MR) is 83.6 cm³/mol. The summed E-state index contributed by atoms with van der Waals surface area (Å²) in [5.41, 5.74) is 1.14. The van der Waals surface area contributed by atoms with Crippen LogP contribution in [0.1, 0.15) is 26.3 Å². The van der Waals surface area contributed by atoms with E-state index in [1.54, 1.807) is 45.0 Å². The fourth-order valence-electron chi connectivity index (χ4n) is 1.76. The number of para-hydroxylation sites is 1. The van der Waals surface area contributed by atoms with E-state index < -0.39 is 12.7 Å². The van der Waals surface area contributed by atoms with Crippen molar-refractivity contribution < 1.29 is 23.1 Å². The molecule has 0 fully saturated rings. The number of nitrogens with zero attached hydrogens (tertiary/aromatic N) is 1. The van der Waals surface area contributed by atoms with Gasteiger partial charge in [-0.25, -0.2) is 4.57 Å². The van der Waals surface area contributed by atoms with E-state index in [9.17, 15) is 14.7 Å². The van der Waals surface area contributed by atoms with Crippen LogP contribution in [0.15, 0.2) is 30.3 Å². The van der Waals surface area contributed by atoms with Crippen molar-refractivity contribution in [2.24, 2.45) is 0 Å². The maximum absolute atomic E-state index is 12.1. The van der Waals surface area contributed by atoms with Gasteiger partial charge in [0.05, 0.1) is 30.3 Å². The number of hydrogen-bond acceptors (Lipinski definition) is 6. The molecule has 7 nitrogen and oxygen atoms in total. The van der Waals surface area contributed by atoms with Crippen molar-refractivity contribution in [2.75, 3.05) is 19.8 Å². The first-order valence-corrected chi connectivity index (χ1v) is 8.33. The molecule has 1 rings (SSSR count). The third kappa shape index (κ3) is 5.35. The van der Waals surface area contributed by atoms with E-state index in [1.807, 2.05) is 0 Å². The predicted octanol–water partition coefficient (Wildman–Crippen LogP) is 4.20. The lowest BCUT2D eigenvalue weighted by Gasteiger charge is -2.15. The Bertz CT molecular complexity index is 576. The molecule has 0 saturated carbocycles. The summed E-state index contributed by atoms with van der Waals surface area (Å²) < 4.78 is 27.3. The molecule has 0 heterocycles. The molecule has 0 amide bonds. The second-order valence-corrected chi connectivity index (χ2v) is 5.91. The van der Waals surface area contributed by atoms with Gasteiger partial charge in [0.2, 0.25) is 0 Å². The molecule has 122 valence electrons. The number of allylic oxidation sites excluding steroid dienone is 1. The molecular weight excluding hydrogens is 309 g/mol. The van der Waals surface area contributed by atoms with Gasteiger partial charge in [-0.1, -0.05) is 18.2 Å². The van der Waals surface area contributed by atoms with Gasteiger partial charge < -0.3 is 0 Å². The number of nitro benzene ring substituents is 1. The van der Waals surface area contributed by atoms with Crippen molar-refractivity contribution in [1.82, 2.24) is 0 Å². The van der Waals surface area contributed by atoms with E-state index in [0.29, 0.717) is 11.1 Å². The van der Waals surface area contributed by atoms with Crippen LogP contribution < -0.4 is 0 Å². The van der Waals surface area contributed by atoms with Crippen LogP contribution in [0, 0.1) is 10.1 Å². The average Bonchev–Trinajstić information content (AvgIpc) is 2.47. The van der Waals surface area contributed by atoms with Crippen LogP contribution >= 0.6 is 7.82 Å². The number of hydrogen-bond donors (Lipinski definition) is 0. The van der Waals surface area contributed by atoms with Crippen molar-refractivity contribution in [3.05, 3.63) is 46.0 Å². The van der Waals surface area contributed by atoms with Gasteiger partial charge in [-0.15, -0.1) is 0 Å². The fraction of sp³-hybridized carbons (Fsp3) is 0.429. The smallest absolute Gasteiger partial charge is 0.287 e. The summed E-state index contributed by atoms with van der Waals surface area (Å²) in [5, 5.41) is 11.0. The molecule has 0 saturated heterocycles. The summed E-state index contributed by atoms with van der Waals surface area (Å²) in [7, 11) is -3.58. The van der Waals surface area contributed by atoms with E-state index in [0.717, 1.165) is 0 Å². The normalized spacial score (nSPS) is 12.4. The van der Waals surface area contributed by atoms with Crippen molar-refractivity contribution in [1.29, 1.82) is 0 Å². The highest BCUT2D eigenvalue weighted by Gasteiger charge is 2.24. The van der Waals surface area contributed by atoms with Crippen LogP contribution in [-0.2, 0) is 18.1 Å². The average molecular weight is 329 g/mol. The Labute approximate surface area is 129 Å². The van der Waals surface area contributed by atoms with Crippen molar-refractivity contribution >= 4 is 19.1 Å². The molecule has 1 aromatic rings. The number of phosphoric ester groups is 1. The summed E-state index contributed by atoms with van der Waals surface area (Å²) in [6.45, 7) is 5.45. The van der Waals surface area contributed by atoms with Crippen molar-refractivity contribution in [2.45, 2.75) is 20.8 Å². The third-order valence-electron chi connectivity index (χ3n) is 2.72. The number of nitro groups is 1. The summed E-state index contributed by atoms with van der Waals surface area (Å²) in [6.07, 6.45) is 1.60. The van der Waals surface area contributed by atoms with E-state index in [4.69, 9.17) is 13.6 Å².